The third-order valence-electron chi connectivity index (χ3n) is 5.62. The van der Waals surface area contributed by atoms with Gasteiger partial charge in [0.1, 0.15) is 5.82 Å². The van der Waals surface area contributed by atoms with Crippen molar-refractivity contribution >= 4 is 11.8 Å². The van der Waals surface area contributed by atoms with Crippen LogP contribution in [0.15, 0.2) is 24.3 Å². The van der Waals surface area contributed by atoms with E-state index in [0.717, 1.165) is 44.1 Å². The number of halogens is 1. The van der Waals surface area contributed by atoms with Crippen LogP contribution >= 0.6 is 0 Å². The van der Waals surface area contributed by atoms with Crippen LogP contribution in [0.3, 0.4) is 0 Å². The molecule has 0 bridgehead atoms. The van der Waals surface area contributed by atoms with Crippen LogP contribution in [-0.4, -0.2) is 40.7 Å². The van der Waals surface area contributed by atoms with Crippen molar-refractivity contribution < 1.29 is 14.0 Å². The second kappa shape index (κ2) is 6.77. The number of hydrogen-bond donors (Lipinski definition) is 0. The lowest BCUT2D eigenvalue weighted by molar-refractivity contribution is -0.142. The zero-order valence-electron chi connectivity index (χ0n) is 14.5. The molecular weight excluding hydrogens is 319 g/mol. The Morgan fingerprint density at radius 3 is 2.16 bits per heavy atom. The quantitative estimate of drug-likeness (QED) is 0.824. The summed E-state index contributed by atoms with van der Waals surface area (Å²) in [6.07, 6.45) is 5.72. The molecule has 0 aromatic heterocycles. The number of nitrogens with zero attached hydrogens (tertiary/aromatic N) is 2. The second-order valence-corrected chi connectivity index (χ2v) is 7.70. The standard InChI is InChI=1S/C20H25FN2O2/c21-17-5-1-14(2-6-17)13-23(18-7-8-18)20(25)16-9-11-22(12-10-16)19(24)15-3-4-15/h1-2,5-6,15-16,18H,3-4,7-13H2. The summed E-state index contributed by atoms with van der Waals surface area (Å²) < 4.78 is 13.1. The molecule has 2 aliphatic carbocycles. The Balaban J connectivity index is 1.36. The number of piperidine rings is 1. The highest BCUT2D eigenvalue weighted by atomic mass is 19.1. The lowest BCUT2D eigenvalue weighted by Crippen LogP contribution is -2.45. The van der Waals surface area contributed by atoms with Gasteiger partial charge in [0.05, 0.1) is 0 Å². The first-order valence-corrected chi connectivity index (χ1v) is 9.45. The number of rotatable bonds is 5. The number of benzene rings is 1. The van der Waals surface area contributed by atoms with Crippen molar-refractivity contribution in [3.8, 4) is 0 Å². The maximum atomic E-state index is 13.1. The summed E-state index contributed by atoms with van der Waals surface area (Å²) in [5, 5.41) is 0. The van der Waals surface area contributed by atoms with Crippen molar-refractivity contribution in [1.29, 1.82) is 0 Å². The summed E-state index contributed by atoms with van der Waals surface area (Å²) in [5.74, 6) is 0.528. The van der Waals surface area contributed by atoms with E-state index in [2.05, 4.69) is 0 Å². The molecule has 1 saturated heterocycles. The Hall–Kier alpha value is -1.91. The Labute approximate surface area is 148 Å². The normalized spacial score (nSPS) is 21.2. The van der Waals surface area contributed by atoms with Crippen LogP contribution in [0.1, 0.15) is 44.1 Å². The molecule has 0 spiro atoms. The van der Waals surface area contributed by atoms with Gasteiger partial charge in [-0.15, -0.1) is 0 Å². The molecule has 0 N–H and O–H groups in total. The molecule has 1 aromatic rings. The largest absolute Gasteiger partial charge is 0.342 e. The molecule has 134 valence electrons. The van der Waals surface area contributed by atoms with Crippen LogP contribution in [0.5, 0.6) is 0 Å². The fourth-order valence-electron chi connectivity index (χ4n) is 3.73. The summed E-state index contributed by atoms with van der Waals surface area (Å²) in [4.78, 5) is 29.1. The van der Waals surface area contributed by atoms with Gasteiger partial charge in [-0.05, 0) is 56.2 Å². The minimum Gasteiger partial charge on any atom is -0.342 e. The number of amides is 2. The van der Waals surface area contributed by atoms with Crippen LogP contribution in [0, 0.1) is 17.7 Å². The lowest BCUT2D eigenvalue weighted by Gasteiger charge is -2.34. The first-order chi connectivity index (χ1) is 12.1. The molecule has 1 aliphatic heterocycles. The van der Waals surface area contributed by atoms with Crippen LogP contribution in [0.2, 0.25) is 0 Å². The van der Waals surface area contributed by atoms with Crippen LogP contribution < -0.4 is 0 Å². The molecule has 3 aliphatic rings. The SMILES string of the molecule is O=C(C1CC1)N1CCC(C(=O)N(Cc2ccc(F)cc2)C2CC2)CC1. The first kappa shape index (κ1) is 16.6. The van der Waals surface area contributed by atoms with Crippen molar-refractivity contribution in [2.45, 2.75) is 51.1 Å². The van der Waals surface area contributed by atoms with Gasteiger partial charge in [-0.25, -0.2) is 4.39 Å². The molecule has 0 atom stereocenters. The van der Waals surface area contributed by atoms with Crippen molar-refractivity contribution in [1.82, 2.24) is 9.80 Å². The highest BCUT2D eigenvalue weighted by molar-refractivity contribution is 5.82. The van der Waals surface area contributed by atoms with Gasteiger partial charge < -0.3 is 9.80 Å². The third kappa shape index (κ3) is 3.86. The van der Waals surface area contributed by atoms with E-state index >= 15 is 0 Å². The smallest absolute Gasteiger partial charge is 0.226 e. The van der Waals surface area contributed by atoms with Gasteiger partial charge in [0, 0.05) is 37.5 Å². The van der Waals surface area contributed by atoms with Crippen molar-refractivity contribution in [3.63, 3.8) is 0 Å². The average molecular weight is 344 g/mol. The topological polar surface area (TPSA) is 40.6 Å². The predicted molar refractivity (Wildman–Crippen MR) is 92.0 cm³/mol. The average Bonchev–Trinajstić information content (AvgIpc) is 3.52. The predicted octanol–water partition coefficient (Wildman–Crippen LogP) is 2.97. The van der Waals surface area contributed by atoms with Crippen molar-refractivity contribution in [2.24, 2.45) is 11.8 Å². The molecule has 3 fully saturated rings. The third-order valence-corrected chi connectivity index (χ3v) is 5.62. The fourth-order valence-corrected chi connectivity index (χ4v) is 3.73. The maximum absolute atomic E-state index is 13.1. The summed E-state index contributed by atoms with van der Waals surface area (Å²) in [5.41, 5.74) is 0.975. The van der Waals surface area contributed by atoms with Crippen LogP contribution in [0.25, 0.3) is 0 Å². The number of carbonyl (C=O) groups is 2. The first-order valence-electron chi connectivity index (χ1n) is 9.45. The minimum atomic E-state index is -0.249. The van der Waals surface area contributed by atoms with Crippen molar-refractivity contribution in [2.75, 3.05) is 13.1 Å². The number of hydrogen-bond acceptors (Lipinski definition) is 2. The summed E-state index contributed by atoms with van der Waals surface area (Å²) in [6.45, 7) is 1.98. The maximum Gasteiger partial charge on any atom is 0.226 e. The molecule has 2 amide bonds. The van der Waals surface area contributed by atoms with E-state index in [1.54, 1.807) is 12.1 Å². The Bertz CT molecular complexity index is 644. The molecule has 4 rings (SSSR count). The lowest BCUT2D eigenvalue weighted by atomic mass is 9.94. The molecule has 4 nitrogen and oxygen atoms in total. The molecule has 25 heavy (non-hydrogen) atoms. The summed E-state index contributed by atoms with van der Waals surface area (Å²) >= 11 is 0. The van der Waals surface area contributed by atoms with Gasteiger partial charge in [-0.1, -0.05) is 12.1 Å². The monoisotopic (exact) mass is 344 g/mol. The number of carbonyl (C=O) groups excluding carboxylic acids is 2. The van der Waals surface area contributed by atoms with Gasteiger partial charge >= 0.3 is 0 Å². The number of likely N-dealkylation sites (tertiary alicyclic amines) is 1. The van der Waals surface area contributed by atoms with Gasteiger partial charge in [0.25, 0.3) is 0 Å². The Kier molecular flexibility index (Phi) is 4.48. The molecule has 0 unspecified atom stereocenters. The van der Waals surface area contributed by atoms with E-state index in [9.17, 15) is 14.0 Å². The van der Waals surface area contributed by atoms with E-state index < -0.39 is 0 Å². The Morgan fingerprint density at radius 1 is 0.960 bits per heavy atom. The van der Waals surface area contributed by atoms with Gasteiger partial charge in [0.15, 0.2) is 0 Å². The Morgan fingerprint density at radius 2 is 1.60 bits per heavy atom. The minimum absolute atomic E-state index is 0.0179. The zero-order chi connectivity index (χ0) is 17.4. The highest BCUT2D eigenvalue weighted by Crippen LogP contribution is 2.34. The summed E-state index contributed by atoms with van der Waals surface area (Å²) in [7, 11) is 0. The van der Waals surface area contributed by atoms with E-state index in [1.807, 2.05) is 9.80 Å². The fraction of sp³-hybridized carbons (Fsp3) is 0.600. The zero-order valence-corrected chi connectivity index (χ0v) is 14.5. The van der Waals surface area contributed by atoms with Gasteiger partial charge in [0.2, 0.25) is 11.8 Å². The van der Waals surface area contributed by atoms with E-state index in [-0.39, 0.29) is 29.5 Å². The van der Waals surface area contributed by atoms with Gasteiger partial charge in [-0.2, -0.15) is 0 Å². The molecule has 2 saturated carbocycles. The van der Waals surface area contributed by atoms with Crippen LogP contribution in [-0.2, 0) is 16.1 Å². The van der Waals surface area contributed by atoms with Gasteiger partial charge in [-0.3, -0.25) is 9.59 Å². The molecule has 0 radical (unpaired) electrons. The van der Waals surface area contributed by atoms with Crippen molar-refractivity contribution in [3.05, 3.63) is 35.6 Å². The highest BCUT2D eigenvalue weighted by Gasteiger charge is 2.39. The van der Waals surface area contributed by atoms with E-state index in [4.69, 9.17) is 0 Å². The molecule has 5 heteroatoms. The summed E-state index contributed by atoms with van der Waals surface area (Å²) in [6, 6.07) is 6.76. The molecule has 1 aromatic carbocycles. The second-order valence-electron chi connectivity index (χ2n) is 7.70. The molecular formula is C20H25FN2O2. The van der Waals surface area contributed by atoms with E-state index in [0.29, 0.717) is 25.7 Å². The van der Waals surface area contributed by atoms with E-state index in [1.165, 1.54) is 12.1 Å². The molecule has 1 heterocycles. The van der Waals surface area contributed by atoms with Crippen LogP contribution in [0.4, 0.5) is 4.39 Å².